The summed E-state index contributed by atoms with van der Waals surface area (Å²) in [4.78, 5) is 23.1. The van der Waals surface area contributed by atoms with Gasteiger partial charge in [0, 0.05) is 17.3 Å². The largest absolute Gasteiger partial charge is 0.480 e. The van der Waals surface area contributed by atoms with Crippen molar-refractivity contribution in [2.75, 3.05) is 11.4 Å². The predicted molar refractivity (Wildman–Crippen MR) is 72.6 cm³/mol. The van der Waals surface area contributed by atoms with Crippen LogP contribution >= 0.6 is 0 Å². The van der Waals surface area contributed by atoms with Gasteiger partial charge >= 0.3 is 5.97 Å². The molecule has 0 fully saturated rings. The first-order valence-electron chi connectivity index (χ1n) is 5.88. The molecule has 0 aliphatic heterocycles. The van der Waals surface area contributed by atoms with E-state index >= 15 is 0 Å². The van der Waals surface area contributed by atoms with E-state index in [-0.39, 0.29) is 12.2 Å². The van der Waals surface area contributed by atoms with Crippen molar-refractivity contribution < 1.29 is 14.8 Å². The van der Waals surface area contributed by atoms with Crippen molar-refractivity contribution in [2.45, 2.75) is 33.2 Å². The highest BCUT2D eigenvalue weighted by atomic mass is 16.6. The predicted octanol–water partition coefficient (Wildman–Crippen LogP) is 2.59. The highest BCUT2D eigenvalue weighted by molar-refractivity contribution is 5.76. The SMILES string of the molecule is Cc1c(N(CC(=O)O)C(C)(C)C)cccc1[N+](=O)[O-]. The Morgan fingerprint density at radius 2 is 2.00 bits per heavy atom. The van der Waals surface area contributed by atoms with E-state index in [0.29, 0.717) is 11.3 Å². The third-order valence-electron chi connectivity index (χ3n) is 2.87. The zero-order valence-corrected chi connectivity index (χ0v) is 11.5. The average Bonchev–Trinajstić information content (AvgIpc) is 2.24. The molecule has 0 saturated heterocycles. The summed E-state index contributed by atoms with van der Waals surface area (Å²) in [6, 6.07) is 4.69. The van der Waals surface area contributed by atoms with Crippen molar-refractivity contribution >= 4 is 17.3 Å². The van der Waals surface area contributed by atoms with Gasteiger partial charge in [0.1, 0.15) is 6.54 Å². The lowest BCUT2D eigenvalue weighted by Crippen LogP contribution is -2.45. The molecule has 0 radical (unpaired) electrons. The fraction of sp³-hybridized carbons (Fsp3) is 0.462. The van der Waals surface area contributed by atoms with Crippen LogP contribution in [0.3, 0.4) is 0 Å². The number of anilines is 1. The number of hydrogen-bond donors (Lipinski definition) is 1. The normalized spacial score (nSPS) is 11.2. The number of rotatable bonds is 4. The number of nitro groups is 1. The molecule has 0 spiro atoms. The minimum Gasteiger partial charge on any atom is -0.480 e. The van der Waals surface area contributed by atoms with E-state index in [1.165, 1.54) is 6.07 Å². The van der Waals surface area contributed by atoms with E-state index in [1.807, 2.05) is 20.8 Å². The number of aliphatic carboxylic acids is 1. The van der Waals surface area contributed by atoms with Gasteiger partial charge in [0.2, 0.25) is 0 Å². The molecule has 0 unspecified atom stereocenters. The molecule has 0 aliphatic carbocycles. The molecule has 0 amide bonds. The molecule has 6 nitrogen and oxygen atoms in total. The maximum atomic E-state index is 11.0. The molecule has 6 heteroatoms. The number of carboxylic acid groups (broad SMARTS) is 1. The number of nitrogens with zero attached hydrogens (tertiary/aromatic N) is 2. The molecular weight excluding hydrogens is 248 g/mol. The van der Waals surface area contributed by atoms with E-state index in [2.05, 4.69) is 0 Å². The van der Waals surface area contributed by atoms with Crippen molar-refractivity contribution in [3.8, 4) is 0 Å². The summed E-state index contributed by atoms with van der Waals surface area (Å²) < 4.78 is 0. The molecule has 0 atom stereocenters. The summed E-state index contributed by atoms with van der Waals surface area (Å²) in [6.45, 7) is 7.04. The fourth-order valence-electron chi connectivity index (χ4n) is 1.92. The molecular formula is C13H18N2O4. The third-order valence-corrected chi connectivity index (χ3v) is 2.87. The maximum Gasteiger partial charge on any atom is 0.323 e. The summed E-state index contributed by atoms with van der Waals surface area (Å²) in [7, 11) is 0. The summed E-state index contributed by atoms with van der Waals surface area (Å²) >= 11 is 0. The first-order chi connectivity index (χ1) is 8.64. The van der Waals surface area contributed by atoms with Crippen LogP contribution in [0.15, 0.2) is 18.2 Å². The van der Waals surface area contributed by atoms with Crippen molar-refractivity contribution in [1.29, 1.82) is 0 Å². The van der Waals surface area contributed by atoms with Gasteiger partial charge in [-0.25, -0.2) is 0 Å². The molecule has 0 bridgehead atoms. The molecule has 1 N–H and O–H groups in total. The highest BCUT2D eigenvalue weighted by Gasteiger charge is 2.27. The van der Waals surface area contributed by atoms with Crippen LogP contribution in [0.1, 0.15) is 26.3 Å². The Hall–Kier alpha value is -2.11. The number of nitro benzene ring substituents is 1. The van der Waals surface area contributed by atoms with Gasteiger partial charge in [-0.2, -0.15) is 0 Å². The van der Waals surface area contributed by atoms with Crippen LogP contribution in [0.2, 0.25) is 0 Å². The Morgan fingerprint density at radius 1 is 1.42 bits per heavy atom. The van der Waals surface area contributed by atoms with Gasteiger partial charge in [-0.3, -0.25) is 14.9 Å². The van der Waals surface area contributed by atoms with E-state index < -0.39 is 16.4 Å². The van der Waals surface area contributed by atoms with E-state index in [9.17, 15) is 14.9 Å². The van der Waals surface area contributed by atoms with Crippen molar-refractivity contribution in [2.24, 2.45) is 0 Å². The monoisotopic (exact) mass is 266 g/mol. The molecule has 0 saturated carbocycles. The summed E-state index contributed by atoms with van der Waals surface area (Å²) in [5.74, 6) is -0.971. The number of carboxylic acids is 1. The Kier molecular flexibility index (Phi) is 4.14. The third kappa shape index (κ3) is 3.43. The maximum absolute atomic E-state index is 11.0. The molecule has 0 aromatic heterocycles. The van der Waals surface area contributed by atoms with Crippen LogP contribution in [0.25, 0.3) is 0 Å². The molecule has 1 aromatic carbocycles. The minimum atomic E-state index is -0.971. The minimum absolute atomic E-state index is 0.00265. The van der Waals surface area contributed by atoms with Crippen molar-refractivity contribution in [3.63, 3.8) is 0 Å². The first kappa shape index (κ1) is 14.9. The van der Waals surface area contributed by atoms with Gasteiger partial charge in [-0.15, -0.1) is 0 Å². The Bertz CT molecular complexity index is 506. The van der Waals surface area contributed by atoms with Crippen LogP contribution in [0, 0.1) is 17.0 Å². The van der Waals surface area contributed by atoms with E-state index in [0.717, 1.165) is 0 Å². The van der Waals surface area contributed by atoms with Crippen molar-refractivity contribution in [3.05, 3.63) is 33.9 Å². The first-order valence-corrected chi connectivity index (χ1v) is 5.88. The topological polar surface area (TPSA) is 83.7 Å². The van der Waals surface area contributed by atoms with Crippen LogP contribution in [-0.2, 0) is 4.79 Å². The lowest BCUT2D eigenvalue weighted by molar-refractivity contribution is -0.385. The van der Waals surface area contributed by atoms with Gasteiger partial charge in [-0.1, -0.05) is 6.07 Å². The second-order valence-corrected chi connectivity index (χ2v) is 5.33. The molecule has 1 rings (SSSR count). The molecule has 1 aromatic rings. The highest BCUT2D eigenvalue weighted by Crippen LogP contribution is 2.32. The molecule has 0 heterocycles. The van der Waals surface area contributed by atoms with Crippen molar-refractivity contribution in [1.82, 2.24) is 0 Å². The zero-order valence-electron chi connectivity index (χ0n) is 11.5. The summed E-state index contributed by atoms with van der Waals surface area (Å²) in [6.07, 6.45) is 0. The van der Waals surface area contributed by atoms with Crippen LogP contribution in [-0.4, -0.2) is 28.1 Å². The van der Waals surface area contributed by atoms with Gasteiger partial charge < -0.3 is 10.0 Å². The standard InChI is InChI=1S/C13H18N2O4/c1-9-10(6-5-7-11(9)15(18)19)14(8-12(16)17)13(2,3)4/h5-7H,8H2,1-4H3,(H,16,17). The van der Waals surface area contributed by atoms with E-state index in [1.54, 1.807) is 24.0 Å². The van der Waals surface area contributed by atoms with Gasteiger partial charge in [0.25, 0.3) is 5.69 Å². The van der Waals surface area contributed by atoms with Gasteiger partial charge in [0.15, 0.2) is 0 Å². The number of carbonyl (C=O) groups is 1. The average molecular weight is 266 g/mol. The number of hydrogen-bond acceptors (Lipinski definition) is 4. The second-order valence-electron chi connectivity index (χ2n) is 5.33. The summed E-state index contributed by atoms with van der Waals surface area (Å²) in [5, 5.41) is 19.9. The molecule has 19 heavy (non-hydrogen) atoms. The fourth-order valence-corrected chi connectivity index (χ4v) is 1.92. The zero-order chi connectivity index (χ0) is 14.8. The second kappa shape index (κ2) is 5.26. The number of benzene rings is 1. The lowest BCUT2D eigenvalue weighted by Gasteiger charge is -2.37. The van der Waals surface area contributed by atoms with Crippen LogP contribution in [0.4, 0.5) is 11.4 Å². The van der Waals surface area contributed by atoms with Gasteiger partial charge in [-0.05, 0) is 33.8 Å². The van der Waals surface area contributed by atoms with Crippen LogP contribution < -0.4 is 4.90 Å². The molecule has 104 valence electrons. The van der Waals surface area contributed by atoms with Crippen LogP contribution in [0.5, 0.6) is 0 Å². The summed E-state index contributed by atoms with van der Waals surface area (Å²) in [5.41, 5.74) is 0.600. The van der Waals surface area contributed by atoms with E-state index in [4.69, 9.17) is 5.11 Å². The quantitative estimate of drug-likeness (QED) is 0.669. The van der Waals surface area contributed by atoms with Gasteiger partial charge in [0.05, 0.1) is 10.5 Å². The Labute approximate surface area is 111 Å². The smallest absolute Gasteiger partial charge is 0.323 e. The Morgan fingerprint density at radius 3 is 2.42 bits per heavy atom. The Balaban J connectivity index is 3.35. The lowest BCUT2D eigenvalue weighted by atomic mass is 10.0. The molecule has 0 aliphatic rings.